The van der Waals surface area contributed by atoms with Gasteiger partial charge in [-0.25, -0.2) is 0 Å². The number of nitrogens with zero attached hydrogens (tertiary/aromatic N) is 2. The molecule has 1 aliphatic rings. The van der Waals surface area contributed by atoms with Crippen LogP contribution in [0.5, 0.6) is 0 Å². The van der Waals surface area contributed by atoms with Gasteiger partial charge in [0.15, 0.2) is 0 Å². The highest BCUT2D eigenvalue weighted by Gasteiger charge is 2.27. The van der Waals surface area contributed by atoms with Crippen molar-refractivity contribution < 1.29 is 14.4 Å². The van der Waals surface area contributed by atoms with E-state index >= 15 is 0 Å². The van der Waals surface area contributed by atoms with Crippen molar-refractivity contribution in [2.45, 2.75) is 32.7 Å². The molecule has 6 nitrogen and oxygen atoms in total. The van der Waals surface area contributed by atoms with Crippen molar-refractivity contribution in [1.29, 1.82) is 0 Å². The molecule has 0 saturated carbocycles. The Balaban J connectivity index is 1.79. The van der Waals surface area contributed by atoms with E-state index in [0.717, 1.165) is 17.7 Å². The van der Waals surface area contributed by atoms with Crippen LogP contribution in [0.1, 0.15) is 48.7 Å². The van der Waals surface area contributed by atoms with Crippen LogP contribution in [0, 0.1) is 0 Å². The second-order valence-electron chi connectivity index (χ2n) is 7.02. The molecule has 6 heteroatoms. The maximum Gasteiger partial charge on any atom is 0.252 e. The molecule has 1 N–H and O–H groups in total. The molecule has 29 heavy (non-hydrogen) atoms. The molecule has 1 fully saturated rings. The van der Waals surface area contributed by atoms with Crippen molar-refractivity contribution in [3.05, 3.63) is 65.7 Å². The number of carbonyl (C=O) groups is 3. The quantitative estimate of drug-likeness (QED) is 0.786. The van der Waals surface area contributed by atoms with Crippen LogP contribution in [0.3, 0.4) is 0 Å². The Bertz CT molecular complexity index is 861. The zero-order valence-electron chi connectivity index (χ0n) is 16.9. The largest absolute Gasteiger partial charge is 0.341 e. The van der Waals surface area contributed by atoms with Crippen molar-refractivity contribution >= 4 is 23.4 Å². The summed E-state index contributed by atoms with van der Waals surface area (Å²) >= 11 is 0. The van der Waals surface area contributed by atoms with Crippen LogP contribution in [0.4, 0.5) is 5.69 Å². The number of benzene rings is 2. The molecule has 1 saturated heterocycles. The Morgan fingerprint density at radius 3 is 2.24 bits per heavy atom. The Hall–Kier alpha value is -3.15. The normalized spacial score (nSPS) is 14.6. The summed E-state index contributed by atoms with van der Waals surface area (Å²) in [7, 11) is 0. The summed E-state index contributed by atoms with van der Waals surface area (Å²) in [5.41, 5.74) is 1.99. The fourth-order valence-corrected chi connectivity index (χ4v) is 3.58. The third-order valence-corrected chi connectivity index (χ3v) is 5.24. The number of carbonyl (C=O) groups excluding carboxylic acids is 3. The van der Waals surface area contributed by atoms with Gasteiger partial charge in [-0.15, -0.1) is 0 Å². The minimum atomic E-state index is -0.747. The molecule has 0 spiro atoms. The first-order valence-electron chi connectivity index (χ1n) is 10.1. The van der Waals surface area contributed by atoms with E-state index in [0.29, 0.717) is 31.6 Å². The fraction of sp³-hybridized carbons (Fsp3) is 0.348. The van der Waals surface area contributed by atoms with Crippen LogP contribution in [0.25, 0.3) is 0 Å². The summed E-state index contributed by atoms with van der Waals surface area (Å²) in [4.78, 5) is 41.2. The molecule has 0 unspecified atom stereocenters. The van der Waals surface area contributed by atoms with E-state index in [4.69, 9.17) is 0 Å². The molecule has 3 rings (SSSR count). The van der Waals surface area contributed by atoms with Crippen LogP contribution in [0.2, 0.25) is 0 Å². The number of rotatable bonds is 7. The lowest BCUT2D eigenvalue weighted by Gasteiger charge is -2.26. The molecule has 0 radical (unpaired) electrons. The van der Waals surface area contributed by atoms with Crippen molar-refractivity contribution in [2.24, 2.45) is 0 Å². The molecule has 1 atom stereocenters. The Labute approximate surface area is 171 Å². The van der Waals surface area contributed by atoms with E-state index < -0.39 is 6.04 Å². The minimum Gasteiger partial charge on any atom is -0.341 e. The van der Waals surface area contributed by atoms with Crippen LogP contribution in [-0.2, 0) is 9.59 Å². The third kappa shape index (κ3) is 4.65. The second-order valence-corrected chi connectivity index (χ2v) is 7.02. The summed E-state index contributed by atoms with van der Waals surface area (Å²) in [6.45, 7) is 5.70. The highest BCUT2D eigenvalue weighted by atomic mass is 16.2. The number of anilines is 1. The maximum absolute atomic E-state index is 13.0. The molecular weight excluding hydrogens is 366 g/mol. The van der Waals surface area contributed by atoms with Gasteiger partial charge in [-0.2, -0.15) is 0 Å². The van der Waals surface area contributed by atoms with Crippen molar-refractivity contribution in [1.82, 2.24) is 10.2 Å². The first-order chi connectivity index (χ1) is 14.0. The van der Waals surface area contributed by atoms with Crippen molar-refractivity contribution in [3.63, 3.8) is 0 Å². The molecule has 0 aromatic heterocycles. The first kappa shape index (κ1) is 20.6. The monoisotopic (exact) mass is 393 g/mol. The van der Waals surface area contributed by atoms with Crippen molar-refractivity contribution in [3.8, 4) is 0 Å². The van der Waals surface area contributed by atoms with Gasteiger partial charge in [-0.1, -0.05) is 30.3 Å². The summed E-state index contributed by atoms with van der Waals surface area (Å²) in [6, 6.07) is 15.5. The average Bonchev–Trinajstić information content (AvgIpc) is 3.19. The van der Waals surface area contributed by atoms with E-state index in [2.05, 4.69) is 5.32 Å². The van der Waals surface area contributed by atoms with Crippen LogP contribution >= 0.6 is 0 Å². The lowest BCUT2D eigenvalue weighted by molar-refractivity contribution is -0.133. The van der Waals surface area contributed by atoms with Gasteiger partial charge in [0.25, 0.3) is 5.91 Å². The van der Waals surface area contributed by atoms with Gasteiger partial charge < -0.3 is 15.1 Å². The van der Waals surface area contributed by atoms with Gasteiger partial charge in [-0.3, -0.25) is 14.4 Å². The van der Waals surface area contributed by atoms with Crippen LogP contribution < -0.4 is 10.2 Å². The molecule has 0 aliphatic carbocycles. The fourth-order valence-electron chi connectivity index (χ4n) is 3.58. The highest BCUT2D eigenvalue weighted by molar-refractivity contribution is 5.99. The molecule has 1 aliphatic heterocycles. The lowest BCUT2D eigenvalue weighted by atomic mass is 10.0. The van der Waals surface area contributed by atoms with Gasteiger partial charge in [0, 0.05) is 37.3 Å². The Morgan fingerprint density at radius 2 is 1.69 bits per heavy atom. The number of likely N-dealkylation sites (N-methyl/N-ethyl adjacent to an activating group) is 1. The van der Waals surface area contributed by atoms with Crippen LogP contribution in [0.15, 0.2) is 54.6 Å². The van der Waals surface area contributed by atoms with Gasteiger partial charge in [0.1, 0.15) is 6.04 Å². The van der Waals surface area contributed by atoms with E-state index in [-0.39, 0.29) is 17.7 Å². The van der Waals surface area contributed by atoms with Crippen LogP contribution in [-0.4, -0.2) is 42.3 Å². The van der Waals surface area contributed by atoms with Gasteiger partial charge in [0.05, 0.1) is 0 Å². The summed E-state index contributed by atoms with van der Waals surface area (Å²) in [5, 5.41) is 2.89. The minimum absolute atomic E-state index is 0.108. The summed E-state index contributed by atoms with van der Waals surface area (Å²) < 4.78 is 0. The summed E-state index contributed by atoms with van der Waals surface area (Å²) in [5.74, 6) is -0.344. The Morgan fingerprint density at radius 1 is 1.03 bits per heavy atom. The molecule has 2 aromatic rings. The molecule has 152 valence electrons. The van der Waals surface area contributed by atoms with Gasteiger partial charge >= 0.3 is 0 Å². The number of nitrogens with one attached hydrogen (secondary N) is 1. The second kappa shape index (κ2) is 9.37. The van der Waals surface area contributed by atoms with E-state index in [9.17, 15) is 14.4 Å². The predicted octanol–water partition coefficient (Wildman–Crippen LogP) is 3.15. The van der Waals surface area contributed by atoms with E-state index in [1.807, 2.05) is 44.2 Å². The topological polar surface area (TPSA) is 69.7 Å². The maximum atomic E-state index is 13.0. The third-order valence-electron chi connectivity index (χ3n) is 5.24. The van der Waals surface area contributed by atoms with Gasteiger partial charge in [-0.05, 0) is 50.1 Å². The van der Waals surface area contributed by atoms with Crippen molar-refractivity contribution in [2.75, 3.05) is 24.5 Å². The smallest absolute Gasteiger partial charge is 0.252 e. The standard InChI is InChI=1S/C23H27N3O3/c1-3-25(4-2)23(29)21(17-9-6-5-7-10-17)24-22(28)18-12-14-19(15-13-18)26-16-8-11-20(26)27/h5-7,9-10,12-15,21H,3-4,8,11,16H2,1-2H3,(H,24,28)/t21-/m0/s1. The average molecular weight is 393 g/mol. The van der Waals surface area contributed by atoms with E-state index in [1.54, 1.807) is 34.1 Å². The molecule has 3 amide bonds. The zero-order valence-corrected chi connectivity index (χ0v) is 16.9. The first-order valence-corrected chi connectivity index (χ1v) is 10.1. The van der Waals surface area contributed by atoms with E-state index in [1.165, 1.54) is 0 Å². The lowest BCUT2D eigenvalue weighted by Crippen LogP contribution is -2.42. The number of amides is 3. The van der Waals surface area contributed by atoms with Gasteiger partial charge in [0.2, 0.25) is 11.8 Å². The predicted molar refractivity (Wildman–Crippen MR) is 113 cm³/mol. The number of hydrogen-bond donors (Lipinski definition) is 1. The zero-order chi connectivity index (χ0) is 20.8. The molecule has 1 heterocycles. The highest BCUT2D eigenvalue weighted by Crippen LogP contribution is 2.22. The molecule has 0 bridgehead atoms. The summed E-state index contributed by atoms with van der Waals surface area (Å²) in [6.07, 6.45) is 1.42. The number of hydrogen-bond acceptors (Lipinski definition) is 3. The molecular formula is C23H27N3O3. The molecule has 2 aromatic carbocycles. The Kier molecular flexibility index (Phi) is 6.65. The SMILES string of the molecule is CCN(CC)C(=O)[C@@H](NC(=O)c1ccc(N2CCCC2=O)cc1)c1ccccc1.